The van der Waals surface area contributed by atoms with Crippen molar-refractivity contribution in [2.75, 3.05) is 6.54 Å². The molecule has 2 aromatic carbocycles. The van der Waals surface area contributed by atoms with Gasteiger partial charge in [0.25, 0.3) is 5.56 Å². The summed E-state index contributed by atoms with van der Waals surface area (Å²) in [6.45, 7) is 1.32. The Morgan fingerprint density at radius 2 is 1.84 bits per heavy atom. The highest BCUT2D eigenvalue weighted by atomic mass is 35.5. The molecular weight excluding hydrogens is 437 g/mol. The largest absolute Gasteiger partial charge is 0.422 e. The van der Waals surface area contributed by atoms with Gasteiger partial charge in [-0.05, 0) is 36.4 Å². The van der Waals surface area contributed by atoms with Crippen molar-refractivity contribution in [3.05, 3.63) is 96.2 Å². The van der Waals surface area contributed by atoms with Crippen LogP contribution in [0, 0.1) is 0 Å². The minimum Gasteiger partial charge on any atom is -0.422 e. The minimum absolute atomic E-state index is 0.184. The van der Waals surface area contributed by atoms with E-state index in [0.717, 1.165) is 11.3 Å². The minimum atomic E-state index is -0.459. The fourth-order valence-corrected chi connectivity index (χ4v) is 4.29. The number of fused-ring (bicyclic) bond motifs is 2. The number of hydrogen-bond donors (Lipinski definition) is 1. The first-order valence-electron chi connectivity index (χ1n) is 9.80. The van der Waals surface area contributed by atoms with Crippen LogP contribution in [0.3, 0.4) is 0 Å². The van der Waals surface area contributed by atoms with Gasteiger partial charge in [0, 0.05) is 42.0 Å². The van der Waals surface area contributed by atoms with Crippen molar-refractivity contribution in [2.24, 2.45) is 0 Å². The summed E-state index contributed by atoms with van der Waals surface area (Å²) in [5.74, 6) is 0.520. The second-order valence-corrected chi connectivity index (χ2v) is 8.30. The fourth-order valence-electron chi connectivity index (χ4n) is 3.87. The summed E-state index contributed by atoms with van der Waals surface area (Å²) >= 11 is 12.5. The average molecular weight is 454 g/mol. The first-order valence-corrected chi connectivity index (χ1v) is 10.6. The van der Waals surface area contributed by atoms with E-state index >= 15 is 0 Å². The lowest BCUT2D eigenvalue weighted by molar-refractivity contribution is 0.239. The van der Waals surface area contributed by atoms with Crippen LogP contribution in [0.1, 0.15) is 16.8 Å². The molecule has 0 radical (unpaired) electrons. The summed E-state index contributed by atoms with van der Waals surface area (Å²) in [5, 5.41) is 1.71. The van der Waals surface area contributed by atoms with Crippen LogP contribution in [0.5, 0.6) is 0 Å². The molecule has 0 amide bonds. The Morgan fingerprint density at radius 3 is 2.65 bits per heavy atom. The Bertz CT molecular complexity index is 1410. The number of benzene rings is 2. The van der Waals surface area contributed by atoms with Gasteiger partial charge in [0.1, 0.15) is 11.4 Å². The first kappa shape index (κ1) is 20.0. The number of nitrogens with zero attached hydrogens (tertiary/aromatic N) is 2. The molecule has 0 saturated carbocycles. The van der Waals surface area contributed by atoms with Gasteiger partial charge in [-0.1, -0.05) is 35.3 Å². The SMILES string of the molecule is O=c1[nH]c(-c2ccc(Cl)cc2)nc2c1CN(Cc1c(Cl)c3ccccc3oc1=O)CC2. The van der Waals surface area contributed by atoms with Crippen LogP contribution in [-0.4, -0.2) is 21.4 Å². The van der Waals surface area contributed by atoms with Crippen molar-refractivity contribution in [2.45, 2.75) is 19.5 Å². The Balaban J connectivity index is 1.44. The van der Waals surface area contributed by atoms with E-state index in [0.29, 0.717) is 64.0 Å². The molecule has 0 saturated heterocycles. The highest BCUT2D eigenvalue weighted by Gasteiger charge is 2.24. The zero-order valence-electron chi connectivity index (χ0n) is 16.3. The maximum Gasteiger partial charge on any atom is 0.342 e. The van der Waals surface area contributed by atoms with Gasteiger partial charge in [-0.15, -0.1) is 0 Å². The molecule has 8 heteroatoms. The van der Waals surface area contributed by atoms with Crippen LogP contribution in [0.25, 0.3) is 22.4 Å². The van der Waals surface area contributed by atoms with Gasteiger partial charge in [-0.25, -0.2) is 9.78 Å². The molecule has 0 bridgehead atoms. The van der Waals surface area contributed by atoms with Gasteiger partial charge >= 0.3 is 5.63 Å². The standard InChI is InChI=1S/C23H17Cl2N3O3/c24-14-7-5-13(6-8-14)21-26-18-9-10-28(11-16(18)22(29)27-21)12-17-20(25)15-3-1-2-4-19(15)31-23(17)30/h1-8H,9-12H2,(H,26,27,29). The zero-order valence-corrected chi connectivity index (χ0v) is 17.8. The smallest absolute Gasteiger partial charge is 0.342 e. The number of H-pyrrole nitrogens is 1. The van der Waals surface area contributed by atoms with Crippen molar-refractivity contribution in [3.63, 3.8) is 0 Å². The van der Waals surface area contributed by atoms with E-state index in [1.54, 1.807) is 24.3 Å². The third-order valence-corrected chi connectivity index (χ3v) is 6.17. The molecule has 4 aromatic rings. The Labute approximate surface area is 187 Å². The maximum absolute atomic E-state index is 12.8. The first-order chi connectivity index (χ1) is 15.0. The zero-order chi connectivity index (χ0) is 21.5. The summed E-state index contributed by atoms with van der Waals surface area (Å²) in [7, 11) is 0. The summed E-state index contributed by atoms with van der Waals surface area (Å²) in [6, 6.07) is 14.3. The molecule has 31 heavy (non-hydrogen) atoms. The van der Waals surface area contributed by atoms with E-state index in [9.17, 15) is 9.59 Å². The van der Waals surface area contributed by atoms with Gasteiger partial charge < -0.3 is 9.40 Å². The molecule has 0 unspecified atom stereocenters. The number of aromatic nitrogens is 2. The summed E-state index contributed by atoms with van der Waals surface area (Å²) in [4.78, 5) is 34.8. The molecule has 1 N–H and O–H groups in total. The number of rotatable bonds is 3. The number of nitrogens with one attached hydrogen (secondary N) is 1. The van der Waals surface area contributed by atoms with Crippen LogP contribution < -0.4 is 11.2 Å². The summed E-state index contributed by atoms with van der Waals surface area (Å²) < 4.78 is 5.43. The van der Waals surface area contributed by atoms with Crippen molar-refractivity contribution in [3.8, 4) is 11.4 Å². The quantitative estimate of drug-likeness (QED) is 0.464. The normalized spacial score (nSPS) is 14.0. The van der Waals surface area contributed by atoms with E-state index in [4.69, 9.17) is 27.6 Å². The fraction of sp³-hybridized carbons (Fsp3) is 0.174. The van der Waals surface area contributed by atoms with Crippen LogP contribution in [0.15, 0.2) is 62.5 Å². The van der Waals surface area contributed by atoms with Crippen LogP contribution in [-0.2, 0) is 19.5 Å². The molecule has 3 heterocycles. The predicted molar refractivity (Wildman–Crippen MR) is 121 cm³/mol. The molecule has 2 aromatic heterocycles. The van der Waals surface area contributed by atoms with E-state index in [1.165, 1.54) is 0 Å². The Kier molecular flexibility index (Phi) is 5.14. The second-order valence-electron chi connectivity index (χ2n) is 7.49. The second kappa shape index (κ2) is 7.96. The number of hydrogen-bond acceptors (Lipinski definition) is 5. The lowest BCUT2D eigenvalue weighted by Gasteiger charge is -2.27. The molecule has 6 nitrogen and oxygen atoms in total. The molecule has 1 aliphatic heterocycles. The van der Waals surface area contributed by atoms with Gasteiger partial charge in [-0.3, -0.25) is 9.69 Å². The lowest BCUT2D eigenvalue weighted by atomic mass is 10.1. The lowest BCUT2D eigenvalue weighted by Crippen LogP contribution is -2.36. The molecule has 5 rings (SSSR count). The Morgan fingerprint density at radius 1 is 1.06 bits per heavy atom. The highest BCUT2D eigenvalue weighted by Crippen LogP contribution is 2.27. The third-order valence-electron chi connectivity index (χ3n) is 5.48. The highest BCUT2D eigenvalue weighted by molar-refractivity contribution is 6.35. The van der Waals surface area contributed by atoms with Crippen molar-refractivity contribution >= 4 is 34.2 Å². The van der Waals surface area contributed by atoms with Gasteiger partial charge in [0.15, 0.2) is 0 Å². The summed E-state index contributed by atoms with van der Waals surface area (Å²) in [5.41, 5.74) is 2.38. The van der Waals surface area contributed by atoms with Crippen molar-refractivity contribution < 1.29 is 4.42 Å². The molecule has 0 atom stereocenters. The van der Waals surface area contributed by atoms with E-state index < -0.39 is 5.63 Å². The van der Waals surface area contributed by atoms with Gasteiger partial charge in [0.05, 0.1) is 21.8 Å². The monoisotopic (exact) mass is 453 g/mol. The Hall–Kier alpha value is -2.93. The molecule has 0 aliphatic carbocycles. The van der Waals surface area contributed by atoms with Crippen LogP contribution in [0.4, 0.5) is 0 Å². The van der Waals surface area contributed by atoms with E-state index in [2.05, 4.69) is 9.97 Å². The van der Waals surface area contributed by atoms with Crippen molar-refractivity contribution in [1.82, 2.24) is 14.9 Å². The van der Waals surface area contributed by atoms with Gasteiger partial charge in [0.2, 0.25) is 0 Å². The van der Waals surface area contributed by atoms with Crippen LogP contribution >= 0.6 is 23.2 Å². The predicted octanol–water partition coefficient (Wildman–Crippen LogP) is 4.41. The molecule has 0 fully saturated rings. The van der Waals surface area contributed by atoms with Crippen molar-refractivity contribution in [1.29, 1.82) is 0 Å². The molecule has 1 aliphatic rings. The summed E-state index contributed by atoms with van der Waals surface area (Å²) in [6.07, 6.45) is 0.594. The number of halogens is 2. The number of para-hydroxylation sites is 1. The maximum atomic E-state index is 12.8. The average Bonchev–Trinajstić information content (AvgIpc) is 2.77. The van der Waals surface area contributed by atoms with Gasteiger partial charge in [-0.2, -0.15) is 0 Å². The third kappa shape index (κ3) is 3.78. The molecule has 156 valence electrons. The molecule has 0 spiro atoms. The molecular formula is C23H17Cl2N3O3. The topological polar surface area (TPSA) is 79.2 Å². The van der Waals surface area contributed by atoms with E-state index in [-0.39, 0.29) is 5.56 Å². The van der Waals surface area contributed by atoms with E-state index in [1.807, 2.05) is 29.2 Å². The number of aromatic amines is 1. The van der Waals surface area contributed by atoms with Crippen LogP contribution in [0.2, 0.25) is 10.0 Å².